The van der Waals surface area contributed by atoms with Crippen LogP contribution < -0.4 is 5.32 Å². The molecular weight excluding hydrogens is 350 g/mol. The molecule has 1 rings (SSSR count). The number of halogens is 5. The molecule has 1 N–H and O–H groups in total. The number of hydrogen-bond donors (Lipinski definition) is 1. The van der Waals surface area contributed by atoms with Gasteiger partial charge in [0, 0.05) is 13.1 Å². The molecule has 1 unspecified atom stereocenters. The zero-order valence-electron chi connectivity index (χ0n) is 10.4. The summed E-state index contributed by atoms with van der Waals surface area (Å²) >= 11 is 16.8. The van der Waals surface area contributed by atoms with Crippen molar-refractivity contribution in [1.82, 2.24) is 4.90 Å². The normalized spacial score (nSPS) is 12.3. The average molecular weight is 359 g/mol. The van der Waals surface area contributed by atoms with E-state index in [4.69, 9.17) is 34.8 Å². The number of hydrogen-bond acceptors (Lipinski definition) is 3. The van der Waals surface area contributed by atoms with Gasteiger partial charge in [-0.05, 0) is 12.1 Å². The molecule has 5 nitrogen and oxygen atoms in total. The number of nitrogens with one attached hydrogen (secondary N) is 1. The van der Waals surface area contributed by atoms with Crippen molar-refractivity contribution in [3.05, 3.63) is 29.8 Å². The van der Waals surface area contributed by atoms with Crippen molar-refractivity contribution in [3.63, 3.8) is 0 Å². The highest BCUT2D eigenvalue weighted by molar-refractivity contribution is 6.68. The molecule has 0 saturated carbocycles. The van der Waals surface area contributed by atoms with E-state index < -0.39 is 27.6 Å². The third-order valence-electron chi connectivity index (χ3n) is 2.33. The van der Waals surface area contributed by atoms with Crippen LogP contribution in [0.5, 0.6) is 0 Å². The molecule has 21 heavy (non-hydrogen) atoms. The lowest BCUT2D eigenvalue weighted by molar-refractivity contribution is 0.206. The number of amides is 2. The van der Waals surface area contributed by atoms with Gasteiger partial charge in [0.2, 0.25) is 9.87 Å². The largest absolute Gasteiger partial charge is 0.323 e. The Bertz CT molecular complexity index is 589. The number of aliphatic imine (C=N–C) groups is 1. The van der Waals surface area contributed by atoms with Gasteiger partial charge >= 0.3 is 6.03 Å². The highest BCUT2D eigenvalue weighted by Gasteiger charge is 2.38. The van der Waals surface area contributed by atoms with Crippen molar-refractivity contribution in [3.8, 4) is 0 Å². The smallest absolute Gasteiger partial charge is 0.305 e. The molecule has 0 aliphatic rings. The Morgan fingerprint density at radius 2 is 2.05 bits per heavy atom. The SMILES string of the molecule is CN(C(=O)Nc1ccc(F)cc1F)C(N=C=O)C(Cl)(Cl)Cl. The molecule has 0 aliphatic carbocycles. The Morgan fingerprint density at radius 3 is 2.52 bits per heavy atom. The lowest BCUT2D eigenvalue weighted by Crippen LogP contribution is -2.45. The van der Waals surface area contributed by atoms with Gasteiger partial charge in [0.25, 0.3) is 0 Å². The Balaban J connectivity index is 2.94. The van der Waals surface area contributed by atoms with Gasteiger partial charge in [-0.15, -0.1) is 0 Å². The van der Waals surface area contributed by atoms with E-state index in [1.54, 1.807) is 0 Å². The van der Waals surface area contributed by atoms with Crippen LogP contribution in [-0.4, -0.2) is 34.0 Å². The Hall–Kier alpha value is -1.40. The van der Waals surface area contributed by atoms with Crippen LogP contribution >= 0.6 is 34.8 Å². The second-order valence-corrected chi connectivity index (χ2v) is 6.17. The number of rotatable bonds is 3. The predicted octanol–water partition coefficient (Wildman–Crippen LogP) is 3.46. The van der Waals surface area contributed by atoms with Crippen LogP contribution in [-0.2, 0) is 4.79 Å². The molecule has 0 bridgehead atoms. The van der Waals surface area contributed by atoms with E-state index in [1.165, 1.54) is 13.1 Å². The van der Waals surface area contributed by atoms with Crippen molar-refractivity contribution < 1.29 is 18.4 Å². The van der Waals surface area contributed by atoms with E-state index in [0.29, 0.717) is 6.07 Å². The molecule has 10 heteroatoms. The maximum Gasteiger partial charge on any atom is 0.323 e. The highest BCUT2D eigenvalue weighted by Crippen LogP contribution is 2.33. The van der Waals surface area contributed by atoms with Gasteiger partial charge < -0.3 is 10.2 Å². The number of carbonyl (C=O) groups is 1. The lowest BCUT2D eigenvalue weighted by atomic mass is 10.3. The fourth-order valence-corrected chi connectivity index (χ4v) is 1.92. The second kappa shape index (κ2) is 7.04. The number of anilines is 1. The Kier molecular flexibility index (Phi) is 5.92. The number of isocyanates is 1. The van der Waals surface area contributed by atoms with Crippen LogP contribution in [0.2, 0.25) is 0 Å². The van der Waals surface area contributed by atoms with Crippen molar-refractivity contribution in [1.29, 1.82) is 0 Å². The van der Waals surface area contributed by atoms with E-state index in [0.717, 1.165) is 17.0 Å². The van der Waals surface area contributed by atoms with Crippen LogP contribution in [0, 0.1) is 11.6 Å². The number of benzene rings is 1. The summed E-state index contributed by atoms with van der Waals surface area (Å²) in [7, 11) is 1.17. The number of urea groups is 1. The van der Waals surface area contributed by atoms with Gasteiger partial charge in [0.05, 0.1) is 5.69 Å². The van der Waals surface area contributed by atoms with Gasteiger partial charge in [0.1, 0.15) is 11.6 Å². The van der Waals surface area contributed by atoms with E-state index in [2.05, 4.69) is 10.3 Å². The summed E-state index contributed by atoms with van der Waals surface area (Å²) in [6, 6.07) is 1.64. The molecule has 0 radical (unpaired) electrons. The third-order valence-corrected chi connectivity index (χ3v) is 2.91. The maximum atomic E-state index is 13.4. The molecule has 0 aliphatic heterocycles. The summed E-state index contributed by atoms with van der Waals surface area (Å²) in [6.45, 7) is 0. The van der Waals surface area contributed by atoms with Gasteiger partial charge in [-0.2, -0.15) is 4.99 Å². The molecule has 1 atom stereocenters. The summed E-state index contributed by atoms with van der Waals surface area (Å²) < 4.78 is 24.1. The Morgan fingerprint density at radius 1 is 1.43 bits per heavy atom. The van der Waals surface area contributed by atoms with E-state index in [1.807, 2.05) is 0 Å². The quantitative estimate of drug-likeness (QED) is 0.511. The van der Waals surface area contributed by atoms with Crippen molar-refractivity contribution in [2.24, 2.45) is 4.99 Å². The predicted molar refractivity (Wildman–Crippen MR) is 75.3 cm³/mol. The standard InChI is InChI=1S/C11H8Cl3F2N3O2/c1-19(9(17-5-20)11(12,13)14)10(21)18-8-3-2-6(15)4-7(8)16/h2-4,9H,1H3,(H,18,21). The molecule has 1 aromatic carbocycles. The zero-order valence-corrected chi connectivity index (χ0v) is 12.7. The zero-order chi connectivity index (χ0) is 16.2. The van der Waals surface area contributed by atoms with Crippen LogP contribution in [0.3, 0.4) is 0 Å². The molecule has 1 aromatic rings. The van der Waals surface area contributed by atoms with Crippen LogP contribution in [0.15, 0.2) is 23.2 Å². The molecule has 0 fully saturated rings. The number of alkyl halides is 3. The first-order chi connectivity index (χ1) is 9.66. The molecular formula is C11H8Cl3F2N3O2. The maximum absolute atomic E-state index is 13.4. The fourth-order valence-electron chi connectivity index (χ4n) is 1.33. The van der Waals surface area contributed by atoms with Crippen LogP contribution in [0.4, 0.5) is 19.3 Å². The van der Waals surface area contributed by atoms with Gasteiger partial charge in [0.15, 0.2) is 6.17 Å². The summed E-state index contributed by atoms with van der Waals surface area (Å²) in [4.78, 5) is 26.2. The molecule has 2 amide bonds. The number of nitrogens with zero attached hydrogens (tertiary/aromatic N) is 2. The van der Waals surface area contributed by atoms with Crippen LogP contribution in [0.1, 0.15) is 0 Å². The van der Waals surface area contributed by atoms with Gasteiger partial charge in [-0.25, -0.2) is 18.4 Å². The molecule has 0 aromatic heterocycles. The van der Waals surface area contributed by atoms with E-state index in [9.17, 15) is 18.4 Å². The summed E-state index contributed by atoms with van der Waals surface area (Å²) in [5.41, 5.74) is -0.286. The van der Waals surface area contributed by atoms with Gasteiger partial charge in [-0.3, -0.25) is 0 Å². The Labute approximate surface area is 133 Å². The van der Waals surface area contributed by atoms with E-state index in [-0.39, 0.29) is 5.69 Å². The van der Waals surface area contributed by atoms with Crippen molar-refractivity contribution in [2.45, 2.75) is 9.96 Å². The number of carbonyl (C=O) groups excluding carboxylic acids is 2. The van der Waals surface area contributed by atoms with E-state index >= 15 is 0 Å². The minimum atomic E-state index is -2.09. The second-order valence-electron chi connectivity index (χ2n) is 3.80. The lowest BCUT2D eigenvalue weighted by Gasteiger charge is -2.28. The minimum absolute atomic E-state index is 0.286. The monoisotopic (exact) mass is 357 g/mol. The summed E-state index contributed by atoms with van der Waals surface area (Å²) in [5, 5.41) is 2.13. The fraction of sp³-hybridized carbons (Fsp3) is 0.273. The first kappa shape index (κ1) is 17.7. The van der Waals surface area contributed by atoms with Gasteiger partial charge in [-0.1, -0.05) is 34.8 Å². The first-order valence-corrected chi connectivity index (χ1v) is 6.42. The topological polar surface area (TPSA) is 61.8 Å². The molecule has 0 spiro atoms. The van der Waals surface area contributed by atoms with Crippen molar-refractivity contribution >= 4 is 52.6 Å². The van der Waals surface area contributed by atoms with Crippen molar-refractivity contribution in [2.75, 3.05) is 12.4 Å². The summed E-state index contributed by atoms with van der Waals surface area (Å²) in [5.74, 6) is -1.79. The van der Waals surface area contributed by atoms with Crippen LogP contribution in [0.25, 0.3) is 0 Å². The molecule has 114 valence electrons. The summed E-state index contributed by atoms with van der Waals surface area (Å²) in [6.07, 6.45) is -0.300. The minimum Gasteiger partial charge on any atom is -0.305 e. The first-order valence-electron chi connectivity index (χ1n) is 5.29. The molecule has 0 heterocycles. The molecule has 0 saturated heterocycles. The highest BCUT2D eigenvalue weighted by atomic mass is 35.6. The average Bonchev–Trinajstić information content (AvgIpc) is 2.37. The third kappa shape index (κ3) is 4.82.